The van der Waals surface area contributed by atoms with Gasteiger partial charge < -0.3 is 18.9 Å². The van der Waals surface area contributed by atoms with Crippen LogP contribution < -0.4 is 9.47 Å². The normalized spacial score (nSPS) is 11.6. The molecule has 0 aliphatic rings. The van der Waals surface area contributed by atoms with Crippen molar-refractivity contribution >= 4 is 11.9 Å². The van der Waals surface area contributed by atoms with Crippen LogP contribution in [0, 0.1) is 5.82 Å². The van der Waals surface area contributed by atoms with Crippen molar-refractivity contribution < 1.29 is 32.9 Å². The van der Waals surface area contributed by atoms with E-state index < -0.39 is 17.8 Å². The highest BCUT2D eigenvalue weighted by atomic mass is 19.1. The fourth-order valence-electron chi connectivity index (χ4n) is 4.68. The largest absolute Gasteiger partial charge is 0.494 e. The zero-order valence-electron chi connectivity index (χ0n) is 25.7. The van der Waals surface area contributed by atoms with E-state index in [-0.39, 0.29) is 17.4 Å². The zero-order valence-corrected chi connectivity index (χ0v) is 25.7. The summed E-state index contributed by atoms with van der Waals surface area (Å²) >= 11 is 0. The lowest BCUT2D eigenvalue weighted by Crippen LogP contribution is -2.17. The molecule has 232 valence electrons. The molecule has 0 fully saturated rings. The van der Waals surface area contributed by atoms with Gasteiger partial charge in [0.1, 0.15) is 17.3 Å². The van der Waals surface area contributed by atoms with E-state index in [9.17, 15) is 14.0 Å². The fraction of sp³-hybridized carbons (Fsp3) is 0.444. The highest BCUT2D eigenvalue weighted by Gasteiger charge is 2.18. The first-order valence-electron chi connectivity index (χ1n) is 15.5. The number of benzene rings is 3. The van der Waals surface area contributed by atoms with E-state index in [2.05, 4.69) is 6.92 Å². The average molecular weight is 593 g/mol. The van der Waals surface area contributed by atoms with Crippen LogP contribution in [-0.2, 0) is 9.47 Å². The Morgan fingerprint density at radius 3 is 1.95 bits per heavy atom. The molecule has 0 saturated carbocycles. The first kappa shape index (κ1) is 33.8. The second kappa shape index (κ2) is 18.7. The van der Waals surface area contributed by atoms with Crippen LogP contribution in [0.3, 0.4) is 0 Å². The van der Waals surface area contributed by atoms with Gasteiger partial charge in [-0.05, 0) is 73.7 Å². The van der Waals surface area contributed by atoms with E-state index >= 15 is 0 Å². The number of carbonyl (C=O) groups is 2. The monoisotopic (exact) mass is 592 g/mol. The maximum atomic E-state index is 14.6. The maximum absolute atomic E-state index is 14.6. The Morgan fingerprint density at radius 1 is 0.721 bits per heavy atom. The number of carbonyl (C=O) groups excluding carboxylic acids is 2. The predicted octanol–water partition coefficient (Wildman–Crippen LogP) is 9.20. The van der Waals surface area contributed by atoms with Crippen LogP contribution in [0.2, 0.25) is 0 Å². The van der Waals surface area contributed by atoms with Gasteiger partial charge in [-0.2, -0.15) is 0 Å². The van der Waals surface area contributed by atoms with Gasteiger partial charge in [0, 0.05) is 19.8 Å². The van der Waals surface area contributed by atoms with Crippen molar-refractivity contribution in [2.24, 2.45) is 0 Å². The topological polar surface area (TPSA) is 71.1 Å². The van der Waals surface area contributed by atoms with Gasteiger partial charge in [0.05, 0.1) is 23.8 Å². The Balaban J connectivity index is 1.45. The minimum Gasteiger partial charge on any atom is -0.494 e. The second-order valence-electron chi connectivity index (χ2n) is 10.8. The molecular formula is C36H45FO6. The van der Waals surface area contributed by atoms with Crippen molar-refractivity contribution in [2.45, 2.75) is 84.2 Å². The molecule has 3 rings (SSSR count). The third-order valence-corrected chi connectivity index (χ3v) is 7.21. The molecule has 0 N–H and O–H groups in total. The number of hydrogen-bond acceptors (Lipinski definition) is 6. The fourth-order valence-corrected chi connectivity index (χ4v) is 4.68. The van der Waals surface area contributed by atoms with Crippen LogP contribution in [0.25, 0.3) is 11.1 Å². The summed E-state index contributed by atoms with van der Waals surface area (Å²) in [6, 6.07) is 18.5. The van der Waals surface area contributed by atoms with Crippen molar-refractivity contribution in [2.75, 3.05) is 20.3 Å². The number of unbranched alkanes of at least 4 members (excludes halogenated alkanes) is 7. The summed E-state index contributed by atoms with van der Waals surface area (Å²) in [6.45, 7) is 5.26. The molecule has 0 radical (unpaired) electrons. The van der Waals surface area contributed by atoms with Crippen LogP contribution >= 0.6 is 0 Å². The van der Waals surface area contributed by atoms with Crippen molar-refractivity contribution in [1.29, 1.82) is 0 Å². The number of ether oxygens (including phenoxy) is 4. The summed E-state index contributed by atoms with van der Waals surface area (Å²) < 4.78 is 36.2. The third-order valence-electron chi connectivity index (χ3n) is 7.21. The lowest BCUT2D eigenvalue weighted by atomic mass is 10.0. The molecule has 6 nitrogen and oxygen atoms in total. The van der Waals surface area contributed by atoms with Gasteiger partial charge in [-0.15, -0.1) is 0 Å². The van der Waals surface area contributed by atoms with Gasteiger partial charge in [0.2, 0.25) is 0 Å². The standard InChI is InChI=1S/C36H45FO6/c1-4-5-6-7-8-9-10-11-25-41-31-20-18-29(19-21-31)28-14-16-30(17-15-28)35(38)43-32-22-23-33(34(37)26-32)36(39)42-27(2)13-12-24-40-3/h14-23,26-27H,4-13,24-25H2,1-3H3. The zero-order chi connectivity index (χ0) is 30.9. The van der Waals surface area contributed by atoms with Crippen molar-refractivity contribution in [3.63, 3.8) is 0 Å². The number of rotatable bonds is 19. The van der Waals surface area contributed by atoms with Gasteiger partial charge in [-0.25, -0.2) is 14.0 Å². The second-order valence-corrected chi connectivity index (χ2v) is 10.8. The summed E-state index contributed by atoms with van der Waals surface area (Å²) in [4.78, 5) is 25.0. The molecule has 0 aromatic heterocycles. The molecule has 0 aliphatic heterocycles. The Labute approximate surface area is 255 Å². The van der Waals surface area contributed by atoms with E-state index in [1.54, 1.807) is 26.2 Å². The van der Waals surface area contributed by atoms with E-state index in [1.807, 2.05) is 36.4 Å². The minimum absolute atomic E-state index is 0.00108. The number of halogens is 1. The van der Waals surface area contributed by atoms with Crippen LogP contribution in [-0.4, -0.2) is 38.4 Å². The number of methoxy groups -OCH3 is 1. The molecule has 3 aromatic rings. The first-order chi connectivity index (χ1) is 20.9. The summed E-state index contributed by atoms with van der Waals surface area (Å²) in [5.74, 6) is -1.37. The van der Waals surface area contributed by atoms with Crippen LogP contribution in [0.15, 0.2) is 66.7 Å². The summed E-state index contributed by atoms with van der Waals surface area (Å²) in [5.41, 5.74) is 2.05. The van der Waals surface area contributed by atoms with E-state index in [0.717, 1.165) is 42.4 Å². The molecular weight excluding hydrogens is 547 g/mol. The Bertz CT molecular complexity index is 1260. The molecule has 1 unspecified atom stereocenters. The quantitative estimate of drug-likeness (QED) is 0.0785. The maximum Gasteiger partial charge on any atom is 0.343 e. The van der Waals surface area contributed by atoms with Gasteiger partial charge in [0.25, 0.3) is 0 Å². The highest BCUT2D eigenvalue weighted by Crippen LogP contribution is 2.24. The summed E-state index contributed by atoms with van der Waals surface area (Å²) in [7, 11) is 1.60. The molecule has 3 aromatic carbocycles. The van der Waals surface area contributed by atoms with Gasteiger partial charge in [-0.3, -0.25) is 0 Å². The number of hydrogen-bond donors (Lipinski definition) is 0. The smallest absolute Gasteiger partial charge is 0.343 e. The molecule has 7 heteroatoms. The third kappa shape index (κ3) is 11.8. The van der Waals surface area contributed by atoms with Gasteiger partial charge in [-0.1, -0.05) is 76.1 Å². The minimum atomic E-state index is -0.819. The van der Waals surface area contributed by atoms with Gasteiger partial charge >= 0.3 is 11.9 Å². The molecule has 0 spiro atoms. The highest BCUT2D eigenvalue weighted by molar-refractivity contribution is 5.92. The Kier molecular flexibility index (Phi) is 14.7. The van der Waals surface area contributed by atoms with Crippen molar-refractivity contribution in [3.05, 3.63) is 83.7 Å². The Morgan fingerprint density at radius 2 is 1.33 bits per heavy atom. The van der Waals surface area contributed by atoms with Crippen molar-refractivity contribution in [1.82, 2.24) is 0 Å². The predicted molar refractivity (Wildman–Crippen MR) is 167 cm³/mol. The number of esters is 2. The van der Waals surface area contributed by atoms with E-state index in [0.29, 0.717) is 18.6 Å². The molecule has 0 aliphatic carbocycles. The first-order valence-corrected chi connectivity index (χ1v) is 15.5. The molecule has 0 saturated heterocycles. The van der Waals surface area contributed by atoms with Gasteiger partial charge in [0.15, 0.2) is 0 Å². The van der Waals surface area contributed by atoms with E-state index in [4.69, 9.17) is 18.9 Å². The molecule has 0 amide bonds. The molecule has 0 bridgehead atoms. The molecule has 1 atom stereocenters. The van der Waals surface area contributed by atoms with Crippen LogP contribution in [0.4, 0.5) is 4.39 Å². The molecule has 43 heavy (non-hydrogen) atoms. The van der Waals surface area contributed by atoms with Crippen molar-refractivity contribution in [3.8, 4) is 22.6 Å². The van der Waals surface area contributed by atoms with E-state index in [1.165, 1.54) is 57.1 Å². The lowest BCUT2D eigenvalue weighted by Gasteiger charge is -2.13. The lowest BCUT2D eigenvalue weighted by molar-refractivity contribution is 0.0299. The SMILES string of the molecule is CCCCCCCCCCOc1ccc(-c2ccc(C(=O)Oc3ccc(C(=O)OC(C)CCCOC)c(F)c3)cc2)cc1. The van der Waals surface area contributed by atoms with Crippen LogP contribution in [0.5, 0.6) is 11.5 Å². The Hall–Kier alpha value is -3.71. The molecule has 0 heterocycles. The van der Waals surface area contributed by atoms with Crippen LogP contribution in [0.1, 0.15) is 98.8 Å². The summed E-state index contributed by atoms with van der Waals surface area (Å²) in [5, 5.41) is 0. The summed E-state index contributed by atoms with van der Waals surface area (Å²) in [6.07, 6.45) is 11.1. The average Bonchev–Trinajstić information content (AvgIpc) is 3.01.